The summed E-state index contributed by atoms with van der Waals surface area (Å²) in [5.74, 6) is -1.39. The maximum absolute atomic E-state index is 13.9. The molecular weight excluding hydrogens is 527 g/mol. The molecule has 4 atom stereocenters. The van der Waals surface area contributed by atoms with Gasteiger partial charge in [-0.05, 0) is 41.8 Å². The largest absolute Gasteiger partial charge is 0.469 e. The molecule has 1 aliphatic rings. The highest BCUT2D eigenvalue weighted by Gasteiger charge is 2.48. The van der Waals surface area contributed by atoms with Crippen LogP contribution in [-0.2, 0) is 29.1 Å². The highest BCUT2D eigenvalue weighted by molar-refractivity contribution is 7.89. The number of benzene rings is 2. The van der Waals surface area contributed by atoms with Gasteiger partial charge in [0, 0.05) is 30.2 Å². The molecule has 4 unspecified atom stereocenters. The minimum Gasteiger partial charge on any atom is -0.469 e. The van der Waals surface area contributed by atoms with Gasteiger partial charge in [-0.1, -0.05) is 54.4 Å². The molecule has 0 radical (unpaired) electrons. The molecule has 2 aromatic rings. The summed E-state index contributed by atoms with van der Waals surface area (Å²) in [6.07, 6.45) is -1.86. The van der Waals surface area contributed by atoms with E-state index in [2.05, 4.69) is 0 Å². The normalized spacial score (nSPS) is 21.5. The van der Waals surface area contributed by atoms with Crippen molar-refractivity contribution >= 4 is 45.1 Å². The van der Waals surface area contributed by atoms with Crippen molar-refractivity contribution in [2.75, 3.05) is 27.0 Å². The monoisotopic (exact) mass is 556 g/mol. The van der Waals surface area contributed by atoms with E-state index in [1.165, 1.54) is 21.2 Å². The van der Waals surface area contributed by atoms with Crippen LogP contribution in [0.25, 0.3) is 0 Å². The van der Waals surface area contributed by atoms with Gasteiger partial charge >= 0.3 is 5.97 Å². The zero-order valence-electron chi connectivity index (χ0n) is 20.6. The first-order valence-electron chi connectivity index (χ1n) is 11.4. The van der Waals surface area contributed by atoms with E-state index in [1.807, 2.05) is 13.0 Å². The van der Waals surface area contributed by atoms with E-state index in [4.69, 9.17) is 32.7 Å². The van der Waals surface area contributed by atoms with Crippen LogP contribution in [-0.4, -0.2) is 68.6 Å². The predicted octanol–water partition coefficient (Wildman–Crippen LogP) is 4.24. The Hall–Kier alpha value is -2.17. The van der Waals surface area contributed by atoms with Crippen LogP contribution >= 0.6 is 23.2 Å². The fraction of sp³-hybridized carbons (Fsp3) is 0.440. The van der Waals surface area contributed by atoms with Gasteiger partial charge in [-0.3, -0.25) is 9.59 Å². The Kier molecular flexibility index (Phi) is 9.40. The minimum absolute atomic E-state index is 0.292. The summed E-state index contributed by atoms with van der Waals surface area (Å²) in [6, 6.07) is 12.6. The molecule has 1 heterocycles. The van der Waals surface area contributed by atoms with Crippen molar-refractivity contribution in [2.45, 2.75) is 44.1 Å². The number of methoxy groups -OCH3 is 1. The molecule has 36 heavy (non-hydrogen) atoms. The first-order valence-corrected chi connectivity index (χ1v) is 13.8. The zero-order valence-corrected chi connectivity index (χ0v) is 22.9. The van der Waals surface area contributed by atoms with Gasteiger partial charge in [-0.15, -0.1) is 0 Å². The van der Waals surface area contributed by atoms with E-state index >= 15 is 0 Å². The second-order valence-electron chi connectivity index (χ2n) is 8.75. The highest BCUT2D eigenvalue weighted by Crippen LogP contribution is 2.44. The maximum atomic E-state index is 13.9. The van der Waals surface area contributed by atoms with Crippen LogP contribution in [0.3, 0.4) is 0 Å². The molecule has 196 valence electrons. The number of rotatable bonds is 9. The molecule has 1 saturated heterocycles. The molecule has 0 saturated carbocycles. The van der Waals surface area contributed by atoms with Crippen molar-refractivity contribution in [3.05, 3.63) is 69.7 Å². The third-order valence-electron chi connectivity index (χ3n) is 6.22. The Morgan fingerprint density at radius 3 is 2.33 bits per heavy atom. The molecule has 2 aromatic carbocycles. The lowest BCUT2D eigenvalue weighted by atomic mass is 9.89. The molecule has 0 spiro atoms. The van der Waals surface area contributed by atoms with Gasteiger partial charge in [0.25, 0.3) is 5.91 Å². The average Bonchev–Trinajstić information content (AvgIpc) is 2.84. The van der Waals surface area contributed by atoms with Gasteiger partial charge in [0.1, 0.15) is 12.2 Å². The smallest absolute Gasteiger partial charge is 0.308 e. The number of nitrogens with zero attached hydrogens (tertiary/aromatic N) is 2. The van der Waals surface area contributed by atoms with E-state index < -0.39 is 46.2 Å². The van der Waals surface area contributed by atoms with Crippen molar-refractivity contribution in [3.63, 3.8) is 0 Å². The first kappa shape index (κ1) is 28.4. The molecule has 11 heteroatoms. The summed E-state index contributed by atoms with van der Waals surface area (Å²) < 4.78 is 38.0. The van der Waals surface area contributed by atoms with Gasteiger partial charge < -0.3 is 14.4 Å². The lowest BCUT2D eigenvalue weighted by Crippen LogP contribution is -2.57. The van der Waals surface area contributed by atoms with Crippen molar-refractivity contribution < 1.29 is 27.5 Å². The molecule has 1 aliphatic heterocycles. The summed E-state index contributed by atoms with van der Waals surface area (Å²) >= 11 is 12.4. The number of carbonyl (C=O) groups excluding carboxylic acids is 2. The van der Waals surface area contributed by atoms with Crippen LogP contribution in [0.2, 0.25) is 10.0 Å². The molecule has 1 amide bonds. The molecule has 8 nitrogen and oxygen atoms in total. The highest BCUT2D eigenvalue weighted by atomic mass is 35.5. The van der Waals surface area contributed by atoms with Gasteiger partial charge in [0.2, 0.25) is 10.0 Å². The molecule has 0 bridgehead atoms. The van der Waals surface area contributed by atoms with Gasteiger partial charge in [-0.2, -0.15) is 0 Å². The second-order valence-corrected chi connectivity index (χ2v) is 11.8. The molecule has 0 N–H and O–H groups in total. The number of esters is 1. The number of carbonyl (C=O) groups is 2. The van der Waals surface area contributed by atoms with Crippen molar-refractivity contribution in [1.29, 1.82) is 0 Å². The third-order valence-corrected chi connectivity index (χ3v) is 8.63. The summed E-state index contributed by atoms with van der Waals surface area (Å²) in [5.41, 5.74) is 1.38. The molecule has 0 aliphatic carbocycles. The van der Waals surface area contributed by atoms with E-state index in [0.29, 0.717) is 27.6 Å². The lowest BCUT2D eigenvalue weighted by Gasteiger charge is -2.48. The van der Waals surface area contributed by atoms with E-state index in [1.54, 1.807) is 47.4 Å². The first-order chi connectivity index (χ1) is 17.0. The quantitative estimate of drug-likeness (QED) is 0.429. The number of hydrogen-bond acceptors (Lipinski definition) is 6. The van der Waals surface area contributed by atoms with Crippen molar-refractivity contribution in [1.82, 2.24) is 9.21 Å². The number of sulfonamides is 1. The second kappa shape index (κ2) is 11.9. The summed E-state index contributed by atoms with van der Waals surface area (Å²) in [5, 5.41) is 0.986. The zero-order chi connectivity index (χ0) is 26.6. The molecule has 3 rings (SSSR count). The van der Waals surface area contributed by atoms with Gasteiger partial charge in [0.15, 0.2) is 0 Å². The van der Waals surface area contributed by atoms with Crippen LogP contribution in [0.5, 0.6) is 0 Å². The fourth-order valence-electron chi connectivity index (χ4n) is 4.26. The van der Waals surface area contributed by atoms with E-state index in [-0.39, 0.29) is 12.2 Å². The van der Waals surface area contributed by atoms with Crippen LogP contribution in [0, 0.1) is 0 Å². The van der Waals surface area contributed by atoms with Crippen molar-refractivity contribution in [2.24, 2.45) is 0 Å². The Labute approximate surface area is 222 Å². The van der Waals surface area contributed by atoms with Gasteiger partial charge in [-0.25, -0.2) is 12.7 Å². The standard InChI is InChI=1S/C25H30Cl2N2O6S/c1-5-20(15-36(32,33)28(2)3)29-23(16-9-11-18(26)12-10-16)24(17-7-6-8-19(27)13-17)35-21(25(29)31)14-22(30)34-4/h6-13,20-21,23-24H,5,14-15H2,1-4H3. The Morgan fingerprint density at radius 2 is 1.78 bits per heavy atom. The summed E-state index contributed by atoms with van der Waals surface area (Å²) in [4.78, 5) is 27.6. The number of amides is 1. The SMILES string of the molecule is CCC(CS(=O)(=O)N(C)C)N1C(=O)C(CC(=O)OC)OC(c2cccc(Cl)c2)C1c1ccc(Cl)cc1. The lowest BCUT2D eigenvalue weighted by molar-refractivity contribution is -0.183. The van der Waals surface area contributed by atoms with E-state index in [9.17, 15) is 18.0 Å². The number of morpholine rings is 1. The Morgan fingerprint density at radius 1 is 1.11 bits per heavy atom. The topological polar surface area (TPSA) is 93.2 Å². The summed E-state index contributed by atoms with van der Waals surface area (Å²) in [6.45, 7) is 1.82. The number of hydrogen-bond donors (Lipinski definition) is 0. The summed E-state index contributed by atoms with van der Waals surface area (Å²) in [7, 11) is 0.475. The van der Waals surface area contributed by atoms with Crippen LogP contribution < -0.4 is 0 Å². The van der Waals surface area contributed by atoms with Gasteiger partial charge in [0.05, 0.1) is 25.3 Å². The van der Waals surface area contributed by atoms with Crippen LogP contribution in [0.1, 0.15) is 43.0 Å². The van der Waals surface area contributed by atoms with Crippen molar-refractivity contribution in [3.8, 4) is 0 Å². The van der Waals surface area contributed by atoms with Crippen LogP contribution in [0.4, 0.5) is 0 Å². The van der Waals surface area contributed by atoms with Crippen LogP contribution in [0.15, 0.2) is 48.5 Å². The Bertz CT molecular complexity index is 1190. The third kappa shape index (κ3) is 6.39. The predicted molar refractivity (Wildman–Crippen MR) is 138 cm³/mol. The maximum Gasteiger partial charge on any atom is 0.308 e. The minimum atomic E-state index is -3.66. The fourth-order valence-corrected chi connectivity index (χ4v) is 5.77. The molecule has 1 fully saturated rings. The molecular formula is C25H30Cl2N2O6S. The Balaban J connectivity index is 2.20. The van der Waals surface area contributed by atoms with E-state index in [0.717, 1.165) is 4.31 Å². The number of ether oxygens (including phenoxy) is 2. The average molecular weight is 557 g/mol. The number of halogens is 2. The molecule has 0 aromatic heterocycles.